The first-order valence-corrected chi connectivity index (χ1v) is 9.31. The van der Waals surface area contributed by atoms with Crippen molar-refractivity contribution >= 4 is 40.4 Å². The third-order valence-corrected chi connectivity index (χ3v) is 5.07. The average molecular weight is 412 g/mol. The van der Waals surface area contributed by atoms with Gasteiger partial charge in [0.1, 0.15) is 23.8 Å². The quantitative estimate of drug-likeness (QED) is 0.416. The number of nitrogens with zero attached hydrogens (tertiary/aromatic N) is 2. The second-order valence-electron chi connectivity index (χ2n) is 6.30. The standard InChI is InChI=1S/C21H15Cl2N3O2/c1-12(20-17(22)9-24-10-18(20)23)28-15-6-7-19-16(8-15)21(26-25-19)14-4-2-13(11-27)3-5-14/h2-12H,1H3,(H,25,26). The minimum atomic E-state index is -0.359. The molecule has 4 rings (SSSR count). The van der Waals surface area contributed by atoms with Gasteiger partial charge < -0.3 is 4.74 Å². The monoisotopic (exact) mass is 411 g/mol. The van der Waals surface area contributed by atoms with Gasteiger partial charge in [-0.1, -0.05) is 47.5 Å². The first kappa shape index (κ1) is 18.5. The first-order chi connectivity index (χ1) is 13.6. The zero-order chi connectivity index (χ0) is 19.7. The number of hydrogen-bond acceptors (Lipinski definition) is 4. The Hall–Kier alpha value is -2.89. The second-order valence-corrected chi connectivity index (χ2v) is 7.11. The molecule has 4 aromatic rings. The molecular weight excluding hydrogens is 397 g/mol. The summed E-state index contributed by atoms with van der Waals surface area (Å²) in [6, 6.07) is 12.9. The predicted molar refractivity (Wildman–Crippen MR) is 110 cm³/mol. The number of fused-ring (bicyclic) bond motifs is 1. The number of aromatic nitrogens is 3. The molecule has 0 amide bonds. The van der Waals surface area contributed by atoms with Gasteiger partial charge in [0.25, 0.3) is 0 Å². The maximum atomic E-state index is 10.9. The molecule has 0 fully saturated rings. The Balaban J connectivity index is 1.68. The van der Waals surface area contributed by atoms with E-state index in [0.29, 0.717) is 26.9 Å². The molecule has 2 aromatic carbocycles. The summed E-state index contributed by atoms with van der Waals surface area (Å²) < 4.78 is 6.08. The van der Waals surface area contributed by atoms with E-state index >= 15 is 0 Å². The number of carbonyl (C=O) groups is 1. The van der Waals surface area contributed by atoms with Gasteiger partial charge in [0.05, 0.1) is 15.6 Å². The molecule has 0 aliphatic heterocycles. The summed E-state index contributed by atoms with van der Waals surface area (Å²) in [6.45, 7) is 1.88. The minimum absolute atomic E-state index is 0.359. The molecule has 0 saturated heterocycles. The van der Waals surface area contributed by atoms with Crippen molar-refractivity contribution in [2.24, 2.45) is 0 Å². The lowest BCUT2D eigenvalue weighted by atomic mass is 10.1. The van der Waals surface area contributed by atoms with Gasteiger partial charge in [0, 0.05) is 34.5 Å². The fraction of sp³-hybridized carbons (Fsp3) is 0.0952. The highest BCUT2D eigenvalue weighted by Crippen LogP contribution is 2.34. The van der Waals surface area contributed by atoms with E-state index in [0.717, 1.165) is 28.4 Å². The van der Waals surface area contributed by atoms with Gasteiger partial charge in [0.2, 0.25) is 0 Å². The summed E-state index contributed by atoms with van der Waals surface area (Å²) in [4.78, 5) is 14.8. The lowest BCUT2D eigenvalue weighted by Gasteiger charge is -2.17. The van der Waals surface area contributed by atoms with Gasteiger partial charge in [-0.25, -0.2) is 0 Å². The number of ether oxygens (including phenoxy) is 1. The number of aldehydes is 1. The van der Waals surface area contributed by atoms with Crippen molar-refractivity contribution in [3.05, 3.63) is 76.0 Å². The normalized spacial score (nSPS) is 12.1. The third kappa shape index (κ3) is 3.46. The number of rotatable bonds is 5. The van der Waals surface area contributed by atoms with Crippen molar-refractivity contribution in [1.29, 1.82) is 0 Å². The number of benzene rings is 2. The summed E-state index contributed by atoms with van der Waals surface area (Å²) in [6.07, 6.45) is 3.55. The molecule has 140 valence electrons. The molecule has 28 heavy (non-hydrogen) atoms. The lowest BCUT2D eigenvalue weighted by molar-refractivity contribution is 0.112. The Morgan fingerprint density at radius 3 is 2.46 bits per heavy atom. The van der Waals surface area contributed by atoms with E-state index in [1.54, 1.807) is 24.5 Å². The van der Waals surface area contributed by atoms with E-state index in [2.05, 4.69) is 15.2 Å². The van der Waals surface area contributed by atoms with Crippen molar-refractivity contribution in [2.75, 3.05) is 0 Å². The maximum absolute atomic E-state index is 10.9. The molecule has 0 spiro atoms. The molecule has 0 aliphatic carbocycles. The van der Waals surface area contributed by atoms with Crippen LogP contribution in [-0.2, 0) is 0 Å². The van der Waals surface area contributed by atoms with Gasteiger partial charge in [-0.2, -0.15) is 5.10 Å². The van der Waals surface area contributed by atoms with Crippen molar-refractivity contribution in [3.8, 4) is 17.0 Å². The van der Waals surface area contributed by atoms with Gasteiger partial charge in [-0.3, -0.25) is 14.9 Å². The number of pyridine rings is 1. The van der Waals surface area contributed by atoms with E-state index in [9.17, 15) is 4.79 Å². The fourth-order valence-electron chi connectivity index (χ4n) is 3.08. The molecule has 2 heterocycles. The van der Waals surface area contributed by atoms with Crippen molar-refractivity contribution in [2.45, 2.75) is 13.0 Å². The lowest BCUT2D eigenvalue weighted by Crippen LogP contribution is -2.05. The Labute approximate surface area is 171 Å². The highest BCUT2D eigenvalue weighted by molar-refractivity contribution is 6.35. The molecule has 1 unspecified atom stereocenters. The number of H-pyrrole nitrogens is 1. The van der Waals surface area contributed by atoms with Crippen LogP contribution < -0.4 is 4.74 Å². The number of hydrogen-bond donors (Lipinski definition) is 1. The smallest absolute Gasteiger partial charge is 0.150 e. The van der Waals surface area contributed by atoms with Crippen LogP contribution in [0.2, 0.25) is 10.0 Å². The Morgan fingerprint density at radius 1 is 1.07 bits per heavy atom. The van der Waals surface area contributed by atoms with Crippen LogP contribution >= 0.6 is 23.2 Å². The molecule has 0 radical (unpaired) electrons. The van der Waals surface area contributed by atoms with Crippen LogP contribution in [0.3, 0.4) is 0 Å². The van der Waals surface area contributed by atoms with E-state index in [-0.39, 0.29) is 6.10 Å². The van der Waals surface area contributed by atoms with Crippen LogP contribution in [0, 0.1) is 0 Å². The number of carbonyl (C=O) groups excluding carboxylic acids is 1. The van der Waals surface area contributed by atoms with Crippen molar-refractivity contribution < 1.29 is 9.53 Å². The van der Waals surface area contributed by atoms with Crippen LogP contribution in [-0.4, -0.2) is 21.5 Å². The Bertz CT molecular complexity index is 1140. The van der Waals surface area contributed by atoms with Gasteiger partial charge in [-0.15, -0.1) is 0 Å². The summed E-state index contributed by atoms with van der Waals surface area (Å²) in [5.74, 6) is 0.663. The van der Waals surface area contributed by atoms with E-state index in [1.807, 2.05) is 37.3 Å². The zero-order valence-corrected chi connectivity index (χ0v) is 16.3. The summed E-state index contributed by atoms with van der Waals surface area (Å²) in [5, 5.41) is 9.26. The van der Waals surface area contributed by atoms with Crippen LogP contribution in [0.4, 0.5) is 0 Å². The van der Waals surface area contributed by atoms with E-state index < -0.39 is 0 Å². The minimum Gasteiger partial charge on any atom is -0.486 e. The molecule has 1 atom stereocenters. The van der Waals surface area contributed by atoms with E-state index in [1.165, 1.54) is 0 Å². The predicted octanol–water partition coefficient (Wildman–Crippen LogP) is 5.88. The molecule has 7 heteroatoms. The zero-order valence-electron chi connectivity index (χ0n) is 14.8. The van der Waals surface area contributed by atoms with Gasteiger partial charge >= 0.3 is 0 Å². The van der Waals surface area contributed by atoms with Crippen LogP contribution in [0.5, 0.6) is 5.75 Å². The molecular formula is C21H15Cl2N3O2. The summed E-state index contributed by atoms with van der Waals surface area (Å²) >= 11 is 12.5. The van der Waals surface area contributed by atoms with Gasteiger partial charge in [0.15, 0.2) is 0 Å². The average Bonchev–Trinajstić information content (AvgIpc) is 3.11. The molecule has 1 N–H and O–H groups in total. The number of nitrogens with one attached hydrogen (secondary N) is 1. The Morgan fingerprint density at radius 2 is 1.79 bits per heavy atom. The molecule has 0 saturated carbocycles. The molecule has 0 aliphatic rings. The third-order valence-electron chi connectivity index (χ3n) is 4.46. The highest BCUT2D eigenvalue weighted by Gasteiger charge is 2.17. The number of halogens is 2. The molecule has 5 nitrogen and oxygen atoms in total. The summed E-state index contributed by atoms with van der Waals surface area (Å²) in [7, 11) is 0. The Kier molecular flexibility index (Phi) is 5.03. The van der Waals surface area contributed by atoms with Gasteiger partial charge in [-0.05, 0) is 25.1 Å². The summed E-state index contributed by atoms with van der Waals surface area (Å²) in [5.41, 5.74) is 3.88. The second kappa shape index (κ2) is 7.62. The SMILES string of the molecule is CC(Oc1ccc2[nH]nc(-c3ccc(C=O)cc3)c2c1)c1c(Cl)cncc1Cl. The van der Waals surface area contributed by atoms with E-state index in [4.69, 9.17) is 27.9 Å². The topological polar surface area (TPSA) is 67.9 Å². The highest BCUT2D eigenvalue weighted by atomic mass is 35.5. The molecule has 2 aromatic heterocycles. The number of aromatic amines is 1. The maximum Gasteiger partial charge on any atom is 0.150 e. The largest absolute Gasteiger partial charge is 0.486 e. The van der Waals surface area contributed by atoms with Crippen molar-refractivity contribution in [1.82, 2.24) is 15.2 Å². The van der Waals surface area contributed by atoms with Crippen LogP contribution in [0.25, 0.3) is 22.2 Å². The van der Waals surface area contributed by atoms with Crippen molar-refractivity contribution in [3.63, 3.8) is 0 Å². The first-order valence-electron chi connectivity index (χ1n) is 8.56. The fourth-order valence-corrected chi connectivity index (χ4v) is 3.75. The van der Waals surface area contributed by atoms with Crippen LogP contribution in [0.1, 0.15) is 28.9 Å². The molecule has 0 bridgehead atoms. The van der Waals surface area contributed by atoms with Crippen LogP contribution in [0.15, 0.2) is 54.9 Å².